The maximum absolute atomic E-state index is 4.17. The molecule has 16 heavy (non-hydrogen) atoms. The standard InChI is InChI=1S/C12H16N4/c1-12(2,3)16-9-14-15-11(16)8-10-4-6-13-7-5-10/h4-7,9H,8H2,1-3H3. The van der Waals surface area contributed by atoms with Crippen molar-refractivity contribution < 1.29 is 0 Å². The fourth-order valence-electron chi connectivity index (χ4n) is 1.62. The lowest BCUT2D eigenvalue weighted by molar-refractivity contribution is 0.384. The summed E-state index contributed by atoms with van der Waals surface area (Å²) in [6.07, 6.45) is 6.18. The van der Waals surface area contributed by atoms with Gasteiger partial charge in [-0.2, -0.15) is 0 Å². The zero-order valence-corrected chi connectivity index (χ0v) is 9.88. The van der Waals surface area contributed by atoms with Crippen LogP contribution in [0, 0.1) is 0 Å². The molecule has 2 rings (SSSR count). The van der Waals surface area contributed by atoms with Crippen LogP contribution in [0.25, 0.3) is 0 Å². The van der Waals surface area contributed by atoms with Crippen LogP contribution in [0.4, 0.5) is 0 Å². The number of aromatic nitrogens is 4. The Balaban J connectivity index is 2.26. The summed E-state index contributed by atoms with van der Waals surface area (Å²) in [4.78, 5) is 4.00. The van der Waals surface area contributed by atoms with Gasteiger partial charge in [-0.3, -0.25) is 4.98 Å². The van der Waals surface area contributed by atoms with Crippen molar-refractivity contribution in [3.8, 4) is 0 Å². The number of hydrogen-bond donors (Lipinski definition) is 0. The largest absolute Gasteiger partial charge is 0.312 e. The van der Waals surface area contributed by atoms with Gasteiger partial charge >= 0.3 is 0 Å². The van der Waals surface area contributed by atoms with Gasteiger partial charge in [0.2, 0.25) is 0 Å². The predicted molar refractivity (Wildman–Crippen MR) is 62.1 cm³/mol. The number of nitrogens with zero attached hydrogens (tertiary/aromatic N) is 4. The van der Waals surface area contributed by atoms with Crippen LogP contribution in [-0.4, -0.2) is 19.7 Å². The van der Waals surface area contributed by atoms with E-state index in [-0.39, 0.29) is 5.54 Å². The van der Waals surface area contributed by atoms with Crippen molar-refractivity contribution in [2.45, 2.75) is 32.7 Å². The van der Waals surface area contributed by atoms with Crippen LogP contribution >= 0.6 is 0 Å². The Labute approximate surface area is 95.4 Å². The minimum absolute atomic E-state index is 0.0197. The van der Waals surface area contributed by atoms with E-state index in [1.807, 2.05) is 12.1 Å². The van der Waals surface area contributed by atoms with Crippen LogP contribution in [0.3, 0.4) is 0 Å². The van der Waals surface area contributed by atoms with Gasteiger partial charge in [0.05, 0.1) is 0 Å². The lowest BCUT2D eigenvalue weighted by atomic mass is 10.1. The maximum Gasteiger partial charge on any atom is 0.137 e. The monoisotopic (exact) mass is 216 g/mol. The van der Waals surface area contributed by atoms with Gasteiger partial charge in [-0.1, -0.05) is 0 Å². The second-order valence-electron chi connectivity index (χ2n) is 4.82. The van der Waals surface area contributed by atoms with Crippen LogP contribution < -0.4 is 0 Å². The fourth-order valence-corrected chi connectivity index (χ4v) is 1.62. The molecular weight excluding hydrogens is 200 g/mol. The summed E-state index contributed by atoms with van der Waals surface area (Å²) >= 11 is 0. The molecule has 0 aliphatic carbocycles. The Kier molecular flexibility index (Phi) is 2.73. The minimum Gasteiger partial charge on any atom is -0.312 e. The highest BCUT2D eigenvalue weighted by atomic mass is 15.3. The van der Waals surface area contributed by atoms with Crippen molar-refractivity contribution in [3.05, 3.63) is 42.2 Å². The fraction of sp³-hybridized carbons (Fsp3) is 0.417. The Bertz CT molecular complexity index is 453. The molecule has 0 radical (unpaired) electrons. The Hall–Kier alpha value is -1.71. The van der Waals surface area contributed by atoms with Crippen LogP contribution in [0.15, 0.2) is 30.9 Å². The third kappa shape index (κ3) is 2.27. The Morgan fingerprint density at radius 1 is 1.19 bits per heavy atom. The summed E-state index contributed by atoms with van der Waals surface area (Å²) < 4.78 is 2.10. The molecule has 0 saturated heterocycles. The molecule has 84 valence electrons. The third-order valence-electron chi connectivity index (χ3n) is 2.45. The van der Waals surface area contributed by atoms with Gasteiger partial charge in [0.25, 0.3) is 0 Å². The topological polar surface area (TPSA) is 43.6 Å². The minimum atomic E-state index is 0.0197. The third-order valence-corrected chi connectivity index (χ3v) is 2.45. The van der Waals surface area contributed by atoms with E-state index in [1.54, 1.807) is 18.7 Å². The first-order valence-electron chi connectivity index (χ1n) is 5.35. The normalized spacial score (nSPS) is 11.7. The highest BCUT2D eigenvalue weighted by molar-refractivity contribution is 5.15. The van der Waals surface area contributed by atoms with Gasteiger partial charge in [-0.15, -0.1) is 10.2 Å². The number of hydrogen-bond acceptors (Lipinski definition) is 3. The molecule has 4 nitrogen and oxygen atoms in total. The molecule has 0 saturated carbocycles. The molecule has 4 heteroatoms. The van der Waals surface area contributed by atoms with E-state index in [0.717, 1.165) is 12.2 Å². The van der Waals surface area contributed by atoms with Gasteiger partial charge in [0, 0.05) is 24.4 Å². The number of rotatable bonds is 2. The van der Waals surface area contributed by atoms with E-state index in [9.17, 15) is 0 Å². The smallest absolute Gasteiger partial charge is 0.137 e. The molecule has 0 aromatic carbocycles. The highest BCUT2D eigenvalue weighted by Gasteiger charge is 2.17. The van der Waals surface area contributed by atoms with Gasteiger partial charge in [-0.25, -0.2) is 0 Å². The van der Waals surface area contributed by atoms with Gasteiger partial charge in [-0.05, 0) is 38.5 Å². The van der Waals surface area contributed by atoms with Crippen LogP contribution in [0.5, 0.6) is 0 Å². The maximum atomic E-state index is 4.17. The summed E-state index contributed by atoms with van der Waals surface area (Å²) in [6, 6.07) is 4.00. The first-order valence-corrected chi connectivity index (χ1v) is 5.35. The molecular formula is C12H16N4. The summed E-state index contributed by atoms with van der Waals surface area (Å²) in [5, 5.41) is 8.15. The summed E-state index contributed by atoms with van der Waals surface area (Å²) in [7, 11) is 0. The zero-order chi connectivity index (χ0) is 11.6. The average Bonchev–Trinajstić information content (AvgIpc) is 2.67. The molecule has 0 aliphatic heterocycles. The summed E-state index contributed by atoms with van der Waals surface area (Å²) in [6.45, 7) is 6.44. The van der Waals surface area contributed by atoms with Crippen molar-refractivity contribution in [1.82, 2.24) is 19.7 Å². The van der Waals surface area contributed by atoms with E-state index < -0.39 is 0 Å². The molecule has 2 aromatic heterocycles. The van der Waals surface area contributed by atoms with Crippen LogP contribution in [-0.2, 0) is 12.0 Å². The molecule has 2 aromatic rings. The quantitative estimate of drug-likeness (QED) is 0.771. The van der Waals surface area contributed by atoms with E-state index in [2.05, 4.69) is 40.5 Å². The number of pyridine rings is 1. The molecule has 0 N–H and O–H groups in total. The lowest BCUT2D eigenvalue weighted by Crippen LogP contribution is -2.23. The van der Waals surface area contributed by atoms with Crippen molar-refractivity contribution in [2.75, 3.05) is 0 Å². The van der Waals surface area contributed by atoms with E-state index in [4.69, 9.17) is 0 Å². The first kappa shape index (κ1) is 10.8. The molecule has 0 fully saturated rings. The molecule has 0 spiro atoms. The predicted octanol–water partition coefficient (Wildman–Crippen LogP) is 2.02. The van der Waals surface area contributed by atoms with E-state index in [1.165, 1.54) is 5.56 Å². The molecule has 0 aliphatic rings. The second-order valence-corrected chi connectivity index (χ2v) is 4.82. The zero-order valence-electron chi connectivity index (χ0n) is 9.88. The van der Waals surface area contributed by atoms with Crippen molar-refractivity contribution in [1.29, 1.82) is 0 Å². The summed E-state index contributed by atoms with van der Waals surface area (Å²) in [5.41, 5.74) is 1.22. The van der Waals surface area contributed by atoms with Gasteiger partial charge in [0.15, 0.2) is 0 Å². The van der Waals surface area contributed by atoms with Crippen molar-refractivity contribution >= 4 is 0 Å². The Morgan fingerprint density at radius 2 is 1.88 bits per heavy atom. The molecule has 0 bridgehead atoms. The highest BCUT2D eigenvalue weighted by Crippen LogP contribution is 2.16. The SMILES string of the molecule is CC(C)(C)n1cnnc1Cc1ccncc1. The lowest BCUT2D eigenvalue weighted by Gasteiger charge is -2.22. The van der Waals surface area contributed by atoms with Crippen molar-refractivity contribution in [3.63, 3.8) is 0 Å². The van der Waals surface area contributed by atoms with Crippen LogP contribution in [0.1, 0.15) is 32.2 Å². The molecule has 0 unspecified atom stereocenters. The molecule has 0 atom stereocenters. The molecule has 0 amide bonds. The average molecular weight is 216 g/mol. The van der Waals surface area contributed by atoms with E-state index >= 15 is 0 Å². The van der Waals surface area contributed by atoms with Gasteiger partial charge < -0.3 is 4.57 Å². The first-order chi connectivity index (χ1) is 7.57. The summed E-state index contributed by atoms with van der Waals surface area (Å²) in [5.74, 6) is 0.985. The second kappa shape index (κ2) is 4.04. The van der Waals surface area contributed by atoms with Crippen molar-refractivity contribution in [2.24, 2.45) is 0 Å². The van der Waals surface area contributed by atoms with E-state index in [0.29, 0.717) is 0 Å². The molecule has 2 heterocycles. The van der Waals surface area contributed by atoms with Crippen LogP contribution in [0.2, 0.25) is 0 Å². The van der Waals surface area contributed by atoms with Gasteiger partial charge in [0.1, 0.15) is 12.2 Å². The Morgan fingerprint density at radius 3 is 2.50 bits per heavy atom.